The van der Waals surface area contributed by atoms with Crippen LogP contribution in [-0.2, 0) is 4.79 Å². The van der Waals surface area contributed by atoms with Gasteiger partial charge in [0, 0.05) is 43.0 Å². The van der Waals surface area contributed by atoms with Crippen LogP contribution in [0.1, 0.15) is 18.5 Å². The maximum Gasteiger partial charge on any atom is 0.235 e. The quantitative estimate of drug-likeness (QED) is 0.651. The van der Waals surface area contributed by atoms with Crippen LogP contribution in [0.25, 0.3) is 11.5 Å². The van der Waals surface area contributed by atoms with Gasteiger partial charge in [0.05, 0.1) is 7.11 Å². The first-order valence-electron chi connectivity index (χ1n) is 9.87. The molecule has 0 atom stereocenters. The van der Waals surface area contributed by atoms with Gasteiger partial charge in [0.25, 0.3) is 0 Å². The highest BCUT2D eigenvalue weighted by atomic mass is 16.5. The normalized spacial score (nSPS) is 14.1. The van der Waals surface area contributed by atoms with E-state index in [0.717, 1.165) is 5.56 Å². The number of nitrogens with one attached hydrogen (secondary N) is 2. The minimum absolute atomic E-state index is 0.187. The molecule has 1 fully saturated rings. The average molecular weight is 419 g/mol. The molecule has 31 heavy (non-hydrogen) atoms. The van der Waals surface area contributed by atoms with Gasteiger partial charge >= 0.3 is 0 Å². The van der Waals surface area contributed by atoms with Crippen molar-refractivity contribution in [1.29, 1.82) is 5.26 Å². The van der Waals surface area contributed by atoms with Crippen LogP contribution in [0.5, 0.6) is 5.75 Å². The van der Waals surface area contributed by atoms with Gasteiger partial charge in [0.1, 0.15) is 17.5 Å². The summed E-state index contributed by atoms with van der Waals surface area (Å²) in [4.78, 5) is 33.4. The first-order chi connectivity index (χ1) is 15.1. The summed E-state index contributed by atoms with van der Waals surface area (Å²) < 4.78 is 11.1. The second kappa shape index (κ2) is 8.75. The molecule has 1 saturated heterocycles. The third-order valence-electron chi connectivity index (χ3n) is 5.29. The van der Waals surface area contributed by atoms with Gasteiger partial charge in [0.15, 0.2) is 0 Å². The zero-order valence-corrected chi connectivity index (χ0v) is 16.9. The van der Waals surface area contributed by atoms with Gasteiger partial charge in [-0.1, -0.05) is 0 Å². The number of hydrogen-bond acceptors (Lipinski definition) is 7. The molecule has 1 aliphatic rings. The van der Waals surface area contributed by atoms with Gasteiger partial charge in [-0.15, -0.1) is 0 Å². The first kappa shape index (κ1) is 20.2. The van der Waals surface area contributed by atoms with Gasteiger partial charge in [-0.2, -0.15) is 10.2 Å². The number of nitrogens with zero attached hydrogens (tertiary/aromatic N) is 3. The Bertz CT molecular complexity index is 1170. The van der Waals surface area contributed by atoms with E-state index in [1.54, 1.807) is 19.2 Å². The Hall–Kier alpha value is -4.06. The van der Waals surface area contributed by atoms with Crippen molar-refractivity contribution in [1.82, 2.24) is 9.97 Å². The number of anilines is 2. The van der Waals surface area contributed by atoms with E-state index in [1.165, 1.54) is 18.5 Å². The number of methoxy groups -OCH3 is 1. The summed E-state index contributed by atoms with van der Waals surface area (Å²) in [6.07, 6.45) is 4.13. The highest BCUT2D eigenvalue weighted by Gasteiger charge is 2.29. The molecule has 0 unspecified atom stereocenters. The molecule has 4 rings (SSSR count). The van der Waals surface area contributed by atoms with E-state index >= 15 is 0 Å². The van der Waals surface area contributed by atoms with E-state index < -0.39 is 0 Å². The molecule has 9 nitrogen and oxygen atoms in total. The molecule has 0 saturated carbocycles. The monoisotopic (exact) mass is 419 g/mol. The number of ether oxygens (including phenoxy) is 1. The lowest BCUT2D eigenvalue weighted by molar-refractivity contribution is -0.120. The fraction of sp³-hybridized carbons (Fsp3) is 0.273. The van der Waals surface area contributed by atoms with Crippen molar-refractivity contribution in [3.05, 3.63) is 58.6 Å². The van der Waals surface area contributed by atoms with Crippen molar-refractivity contribution >= 4 is 17.5 Å². The Balaban J connectivity index is 1.44. The van der Waals surface area contributed by atoms with Crippen LogP contribution >= 0.6 is 0 Å². The van der Waals surface area contributed by atoms with Gasteiger partial charge in [-0.05, 0) is 37.1 Å². The molecule has 2 aromatic heterocycles. The maximum atomic E-state index is 12.5. The van der Waals surface area contributed by atoms with Gasteiger partial charge in [-0.25, -0.2) is 0 Å². The zero-order valence-electron chi connectivity index (χ0n) is 16.9. The van der Waals surface area contributed by atoms with Crippen molar-refractivity contribution < 1.29 is 13.9 Å². The van der Waals surface area contributed by atoms with Crippen molar-refractivity contribution in [2.75, 3.05) is 30.4 Å². The van der Waals surface area contributed by atoms with Crippen LogP contribution < -0.4 is 20.4 Å². The summed E-state index contributed by atoms with van der Waals surface area (Å²) in [6.45, 7) is 1.07. The van der Waals surface area contributed by atoms with E-state index in [1.807, 2.05) is 17.0 Å². The van der Waals surface area contributed by atoms with E-state index in [0.29, 0.717) is 43.5 Å². The molecular weight excluding hydrogens is 398 g/mol. The Kier molecular flexibility index (Phi) is 5.71. The number of carbonyl (C=O) groups excluding carboxylic acids is 1. The number of nitriles is 1. The molecule has 3 aromatic rings. The molecule has 1 aliphatic heterocycles. The van der Waals surface area contributed by atoms with Crippen LogP contribution in [-0.4, -0.2) is 36.1 Å². The predicted molar refractivity (Wildman–Crippen MR) is 114 cm³/mol. The summed E-state index contributed by atoms with van der Waals surface area (Å²) in [5.41, 5.74) is 0.951. The van der Waals surface area contributed by atoms with E-state index in [2.05, 4.69) is 21.4 Å². The summed E-state index contributed by atoms with van der Waals surface area (Å²) >= 11 is 0. The van der Waals surface area contributed by atoms with Crippen molar-refractivity contribution in [2.45, 2.75) is 12.8 Å². The highest BCUT2D eigenvalue weighted by Crippen LogP contribution is 2.32. The SMILES string of the molecule is COc1ccc(-c2nc(C#N)c(N3CCC(C(=O)Nc4c[nH]ccc4=O)CC3)o2)cc1. The molecule has 0 aliphatic carbocycles. The number of rotatable bonds is 5. The minimum atomic E-state index is -0.240. The maximum absolute atomic E-state index is 12.5. The molecule has 9 heteroatoms. The molecule has 1 aromatic carbocycles. The lowest BCUT2D eigenvalue weighted by Gasteiger charge is -2.30. The van der Waals surface area contributed by atoms with E-state index in [9.17, 15) is 14.9 Å². The van der Waals surface area contributed by atoms with E-state index in [4.69, 9.17) is 9.15 Å². The number of hydrogen-bond donors (Lipinski definition) is 2. The smallest absolute Gasteiger partial charge is 0.235 e. The minimum Gasteiger partial charge on any atom is -0.497 e. The van der Waals surface area contributed by atoms with Crippen LogP contribution in [0.4, 0.5) is 11.6 Å². The highest BCUT2D eigenvalue weighted by molar-refractivity contribution is 5.92. The third-order valence-corrected chi connectivity index (χ3v) is 5.29. The average Bonchev–Trinajstić information content (AvgIpc) is 3.25. The van der Waals surface area contributed by atoms with Crippen LogP contribution in [0.3, 0.4) is 0 Å². The fourth-order valence-corrected chi connectivity index (χ4v) is 3.55. The summed E-state index contributed by atoms with van der Waals surface area (Å²) in [5.74, 6) is 1.07. The number of oxazole rings is 1. The fourth-order valence-electron chi connectivity index (χ4n) is 3.55. The second-order valence-corrected chi connectivity index (χ2v) is 7.19. The topological polar surface area (TPSA) is 124 Å². The van der Waals surface area contributed by atoms with Crippen molar-refractivity contribution in [3.8, 4) is 23.3 Å². The number of H-pyrrole nitrogens is 1. The number of piperidine rings is 1. The molecule has 0 spiro atoms. The standard InChI is InChI=1S/C22H21N5O4/c1-30-16-4-2-15(3-5-16)21-26-17(12-23)22(31-21)27-10-7-14(8-11-27)20(29)25-18-13-24-9-6-19(18)28/h2-6,9,13-14H,7-8,10-11H2,1H3,(H,24,28)(H,25,29). The Morgan fingerprint density at radius 2 is 2.03 bits per heavy atom. The molecule has 0 radical (unpaired) electrons. The zero-order chi connectivity index (χ0) is 21.8. The lowest BCUT2D eigenvalue weighted by atomic mass is 9.96. The third kappa shape index (κ3) is 4.28. The lowest BCUT2D eigenvalue weighted by Crippen LogP contribution is -2.38. The van der Waals surface area contributed by atoms with Crippen molar-refractivity contribution in [2.24, 2.45) is 5.92 Å². The summed E-state index contributed by atoms with van der Waals surface area (Å²) in [5, 5.41) is 12.2. The Labute approximate surface area is 178 Å². The van der Waals surface area contributed by atoms with Crippen LogP contribution in [0.2, 0.25) is 0 Å². The van der Waals surface area contributed by atoms with Gasteiger partial charge < -0.3 is 24.4 Å². The second-order valence-electron chi connectivity index (χ2n) is 7.19. The molecule has 3 heterocycles. The molecule has 1 amide bonds. The van der Waals surface area contributed by atoms with Gasteiger partial charge in [0.2, 0.25) is 28.8 Å². The molecule has 0 bridgehead atoms. The summed E-state index contributed by atoms with van der Waals surface area (Å²) in [7, 11) is 1.59. The number of carbonyl (C=O) groups is 1. The van der Waals surface area contributed by atoms with Crippen LogP contribution in [0.15, 0.2) is 51.9 Å². The Morgan fingerprint density at radius 1 is 1.29 bits per heavy atom. The van der Waals surface area contributed by atoms with Crippen LogP contribution in [0, 0.1) is 17.2 Å². The molecule has 2 N–H and O–H groups in total. The number of benzene rings is 1. The molecule has 158 valence electrons. The Morgan fingerprint density at radius 3 is 2.68 bits per heavy atom. The largest absolute Gasteiger partial charge is 0.497 e. The number of amides is 1. The first-order valence-corrected chi connectivity index (χ1v) is 9.87. The number of aromatic nitrogens is 2. The van der Waals surface area contributed by atoms with E-state index in [-0.39, 0.29) is 28.6 Å². The molecular formula is C22H21N5O4. The van der Waals surface area contributed by atoms with Crippen molar-refractivity contribution in [3.63, 3.8) is 0 Å². The number of pyridine rings is 1. The van der Waals surface area contributed by atoms with Gasteiger partial charge in [-0.3, -0.25) is 9.59 Å². The number of aromatic amines is 1. The predicted octanol–water partition coefficient (Wildman–Crippen LogP) is 2.77. The summed E-state index contributed by atoms with van der Waals surface area (Å²) in [6, 6.07) is 10.7.